The maximum absolute atomic E-state index is 13.2. The largest absolute Gasteiger partial charge is 0.470 e. The van der Waals surface area contributed by atoms with Crippen molar-refractivity contribution in [3.05, 3.63) is 11.8 Å². The molecule has 29 heavy (non-hydrogen) atoms. The second kappa shape index (κ2) is 11.2. The Morgan fingerprint density at radius 1 is 1.28 bits per heavy atom. The van der Waals surface area contributed by atoms with E-state index in [-0.39, 0.29) is 24.3 Å². The number of likely N-dealkylation sites (tertiary alicyclic amines) is 1. The van der Waals surface area contributed by atoms with Gasteiger partial charge in [0.25, 0.3) is 5.88 Å². The first kappa shape index (κ1) is 23.2. The van der Waals surface area contributed by atoms with Crippen LogP contribution in [-0.2, 0) is 23.8 Å². The number of carbonyl (C=O) groups excluding carboxylic acids is 2. The maximum Gasteiger partial charge on any atom is 0.328 e. The zero-order valence-electron chi connectivity index (χ0n) is 17.9. The van der Waals surface area contributed by atoms with Crippen molar-refractivity contribution >= 4 is 11.9 Å². The van der Waals surface area contributed by atoms with Gasteiger partial charge in [0.05, 0.1) is 7.11 Å². The lowest BCUT2D eigenvalue weighted by molar-refractivity contribution is -0.153. The zero-order valence-corrected chi connectivity index (χ0v) is 17.9. The molecule has 1 aliphatic rings. The first-order valence-corrected chi connectivity index (χ1v) is 10.1. The second-order valence-electron chi connectivity index (χ2n) is 7.15. The summed E-state index contributed by atoms with van der Waals surface area (Å²) in [5.41, 5.74) is 0. The molecule has 1 aromatic rings. The van der Waals surface area contributed by atoms with E-state index in [1.54, 1.807) is 11.0 Å². The summed E-state index contributed by atoms with van der Waals surface area (Å²) in [4.78, 5) is 26.8. The minimum atomic E-state index is -0.570. The Kier molecular flexibility index (Phi) is 8.91. The predicted octanol–water partition coefficient (Wildman–Crippen LogP) is 2.36. The number of amides is 1. The highest BCUT2D eigenvalue weighted by atomic mass is 16.7. The highest BCUT2D eigenvalue weighted by molar-refractivity contribution is 5.89. The molecule has 0 unspecified atom stereocenters. The van der Waals surface area contributed by atoms with E-state index in [4.69, 9.17) is 23.5 Å². The number of aromatic nitrogens is 1. The quantitative estimate of drug-likeness (QED) is 0.403. The predicted molar refractivity (Wildman–Crippen MR) is 103 cm³/mol. The van der Waals surface area contributed by atoms with Crippen molar-refractivity contribution in [2.75, 3.05) is 33.5 Å². The fourth-order valence-corrected chi connectivity index (χ4v) is 3.48. The molecule has 0 spiro atoms. The average molecular weight is 412 g/mol. The van der Waals surface area contributed by atoms with Crippen molar-refractivity contribution < 1.29 is 33.1 Å². The Hall–Kier alpha value is -2.13. The third-order valence-corrected chi connectivity index (χ3v) is 4.83. The summed E-state index contributed by atoms with van der Waals surface area (Å²) in [7, 11) is 1.33. The standard InChI is InChI=1S/C20H32N2O7/c1-6-26-17(27-7-2)12-28-16-11-15(29-21-16)18(13(3)4)19(23)22-10-8-9-14(22)20(24)25-5/h11,13-14,17-18H,6-10,12H2,1-5H3/t14-,18+/m0/s1. The van der Waals surface area contributed by atoms with Crippen molar-refractivity contribution in [3.63, 3.8) is 0 Å². The number of methoxy groups -OCH3 is 1. The molecule has 1 aromatic heterocycles. The van der Waals surface area contributed by atoms with Gasteiger partial charge in [-0.05, 0) is 37.8 Å². The van der Waals surface area contributed by atoms with E-state index in [0.717, 1.165) is 6.42 Å². The van der Waals surface area contributed by atoms with Crippen molar-refractivity contribution in [3.8, 4) is 5.88 Å². The molecule has 0 radical (unpaired) electrons. The summed E-state index contributed by atoms with van der Waals surface area (Å²) in [5, 5.41) is 3.92. The molecule has 0 N–H and O–H groups in total. The van der Waals surface area contributed by atoms with Crippen LogP contribution in [0.25, 0.3) is 0 Å². The van der Waals surface area contributed by atoms with Gasteiger partial charge in [-0.25, -0.2) is 4.79 Å². The monoisotopic (exact) mass is 412 g/mol. The van der Waals surface area contributed by atoms with Gasteiger partial charge >= 0.3 is 5.97 Å². The summed E-state index contributed by atoms with van der Waals surface area (Å²) >= 11 is 0. The summed E-state index contributed by atoms with van der Waals surface area (Å²) < 4.78 is 26.8. The van der Waals surface area contributed by atoms with Crippen LogP contribution in [-0.4, -0.2) is 67.7 Å². The highest BCUT2D eigenvalue weighted by Crippen LogP contribution is 2.32. The molecule has 1 fully saturated rings. The summed E-state index contributed by atoms with van der Waals surface area (Å²) in [6, 6.07) is 1.06. The Labute approximate surface area is 171 Å². The molecule has 0 saturated carbocycles. The summed E-state index contributed by atoms with van der Waals surface area (Å²) in [5.74, 6) is -0.523. The molecule has 9 nitrogen and oxygen atoms in total. The van der Waals surface area contributed by atoms with E-state index in [1.165, 1.54) is 7.11 Å². The Bertz CT molecular complexity index is 655. The third-order valence-electron chi connectivity index (χ3n) is 4.83. The first-order chi connectivity index (χ1) is 13.9. The highest BCUT2D eigenvalue weighted by Gasteiger charge is 2.40. The van der Waals surface area contributed by atoms with Gasteiger partial charge in [-0.2, -0.15) is 0 Å². The molecule has 1 saturated heterocycles. The maximum atomic E-state index is 13.2. The topological polar surface area (TPSA) is 100 Å². The Balaban J connectivity index is 2.09. The number of ether oxygens (including phenoxy) is 4. The lowest BCUT2D eigenvalue weighted by Crippen LogP contribution is -2.44. The van der Waals surface area contributed by atoms with Gasteiger partial charge in [-0.3, -0.25) is 4.79 Å². The van der Waals surface area contributed by atoms with Gasteiger partial charge in [0.15, 0.2) is 12.1 Å². The van der Waals surface area contributed by atoms with Gasteiger partial charge < -0.3 is 28.4 Å². The van der Waals surface area contributed by atoms with Crippen LogP contribution in [0, 0.1) is 5.92 Å². The fourth-order valence-electron chi connectivity index (χ4n) is 3.48. The molecule has 0 aromatic carbocycles. The van der Waals surface area contributed by atoms with Crippen molar-refractivity contribution in [2.24, 2.45) is 5.92 Å². The van der Waals surface area contributed by atoms with Crippen LogP contribution in [0.4, 0.5) is 0 Å². The average Bonchev–Trinajstić information content (AvgIpc) is 3.35. The Morgan fingerprint density at radius 2 is 1.97 bits per heavy atom. The van der Waals surface area contributed by atoms with E-state index in [0.29, 0.717) is 31.9 Å². The molecular formula is C20H32N2O7. The van der Waals surface area contributed by atoms with Gasteiger partial charge in [-0.15, -0.1) is 0 Å². The smallest absolute Gasteiger partial charge is 0.328 e. The van der Waals surface area contributed by atoms with E-state index in [9.17, 15) is 9.59 Å². The van der Waals surface area contributed by atoms with E-state index in [2.05, 4.69) is 5.16 Å². The van der Waals surface area contributed by atoms with Crippen LogP contribution >= 0.6 is 0 Å². The van der Waals surface area contributed by atoms with Crippen LogP contribution in [0.15, 0.2) is 10.6 Å². The number of hydrogen-bond acceptors (Lipinski definition) is 8. The van der Waals surface area contributed by atoms with E-state index >= 15 is 0 Å². The number of esters is 1. The lowest BCUT2D eigenvalue weighted by atomic mass is 9.91. The van der Waals surface area contributed by atoms with Crippen molar-refractivity contribution in [1.29, 1.82) is 0 Å². The minimum absolute atomic E-state index is 0.0539. The van der Waals surface area contributed by atoms with Crippen LogP contribution in [0.5, 0.6) is 5.88 Å². The summed E-state index contributed by atoms with van der Waals surface area (Å²) in [6.07, 6.45) is 0.861. The number of carbonyl (C=O) groups is 2. The minimum Gasteiger partial charge on any atom is -0.470 e. The molecule has 0 aliphatic carbocycles. The van der Waals surface area contributed by atoms with Crippen molar-refractivity contribution in [1.82, 2.24) is 10.1 Å². The van der Waals surface area contributed by atoms with Gasteiger partial charge in [0.2, 0.25) is 5.91 Å². The first-order valence-electron chi connectivity index (χ1n) is 10.1. The number of rotatable bonds is 11. The SMILES string of the molecule is CCOC(COc1cc([C@H](C(=O)N2CCC[C@H]2C(=O)OC)C(C)C)on1)OCC. The van der Waals surface area contributed by atoms with E-state index in [1.807, 2.05) is 27.7 Å². The molecule has 2 atom stereocenters. The zero-order chi connectivity index (χ0) is 21.4. The van der Waals surface area contributed by atoms with Crippen LogP contribution in [0.2, 0.25) is 0 Å². The number of hydrogen-bond donors (Lipinski definition) is 0. The lowest BCUT2D eigenvalue weighted by Gasteiger charge is -2.28. The molecule has 9 heteroatoms. The van der Waals surface area contributed by atoms with Crippen LogP contribution in [0.3, 0.4) is 0 Å². The normalized spacial score (nSPS) is 17.8. The molecular weight excluding hydrogens is 380 g/mol. The fraction of sp³-hybridized carbons (Fsp3) is 0.750. The van der Waals surface area contributed by atoms with E-state index < -0.39 is 24.2 Å². The van der Waals surface area contributed by atoms with Crippen LogP contribution in [0.1, 0.15) is 52.2 Å². The molecule has 2 rings (SSSR count). The van der Waals surface area contributed by atoms with Gasteiger partial charge in [0.1, 0.15) is 18.6 Å². The van der Waals surface area contributed by atoms with Gasteiger partial charge in [-0.1, -0.05) is 13.8 Å². The third kappa shape index (κ3) is 5.93. The molecule has 164 valence electrons. The molecule has 1 amide bonds. The number of nitrogens with zero attached hydrogens (tertiary/aromatic N) is 2. The summed E-state index contributed by atoms with van der Waals surface area (Å²) in [6.45, 7) is 9.27. The van der Waals surface area contributed by atoms with Gasteiger partial charge in [0, 0.05) is 25.8 Å². The second-order valence-corrected chi connectivity index (χ2v) is 7.15. The van der Waals surface area contributed by atoms with Crippen molar-refractivity contribution in [2.45, 2.75) is 58.8 Å². The molecule has 1 aliphatic heterocycles. The van der Waals surface area contributed by atoms with Crippen LogP contribution < -0.4 is 4.74 Å². The molecule has 0 bridgehead atoms. The molecule has 2 heterocycles. The Morgan fingerprint density at radius 3 is 2.55 bits per heavy atom.